The van der Waals surface area contributed by atoms with E-state index in [1.54, 1.807) is 0 Å². The summed E-state index contributed by atoms with van der Waals surface area (Å²) in [6.07, 6.45) is 7.37. The van der Waals surface area contributed by atoms with Gasteiger partial charge in [-0.3, -0.25) is 0 Å². The van der Waals surface area contributed by atoms with Crippen molar-refractivity contribution in [1.82, 2.24) is 0 Å². The fourth-order valence-electron chi connectivity index (χ4n) is 2.17. The van der Waals surface area contributed by atoms with Crippen LogP contribution in [0.15, 0.2) is 0 Å². The molecule has 0 bridgehead atoms. The molecule has 0 radical (unpaired) electrons. The molecule has 2 heteroatoms. The lowest BCUT2D eigenvalue weighted by Gasteiger charge is -2.32. The second-order valence-corrected chi connectivity index (χ2v) is 4.06. The van der Waals surface area contributed by atoms with Gasteiger partial charge >= 0.3 is 0 Å². The molecule has 0 heterocycles. The van der Waals surface area contributed by atoms with Gasteiger partial charge in [0.15, 0.2) is 0 Å². The summed E-state index contributed by atoms with van der Waals surface area (Å²) in [7, 11) is 0. The summed E-state index contributed by atoms with van der Waals surface area (Å²) in [6, 6.07) is 0.0138. The van der Waals surface area contributed by atoms with Crippen LogP contribution in [-0.2, 0) is 0 Å². The van der Waals surface area contributed by atoms with Crippen molar-refractivity contribution in [2.45, 2.75) is 63.5 Å². The molecule has 1 aliphatic rings. The molecular weight excluding hydrogens is 150 g/mol. The van der Waals surface area contributed by atoms with E-state index in [4.69, 9.17) is 5.73 Å². The van der Waals surface area contributed by atoms with Gasteiger partial charge in [0, 0.05) is 6.04 Å². The zero-order valence-corrected chi connectivity index (χ0v) is 8.05. The Hall–Kier alpha value is -0.0800. The Morgan fingerprint density at radius 2 is 2.17 bits per heavy atom. The van der Waals surface area contributed by atoms with E-state index in [0.717, 1.165) is 32.1 Å². The standard InChI is InChI=1S/C10H21NO/c1-2-7-10(12)8-5-3-4-6-9(10)11/h9,12H,2-8,11H2,1H3. The molecule has 0 amide bonds. The average Bonchev–Trinajstić information content (AvgIpc) is 2.17. The largest absolute Gasteiger partial charge is 0.388 e. The highest BCUT2D eigenvalue weighted by Crippen LogP contribution is 2.29. The molecule has 3 N–H and O–H groups in total. The van der Waals surface area contributed by atoms with Crippen LogP contribution in [0, 0.1) is 0 Å². The molecule has 0 spiro atoms. The molecule has 0 aliphatic heterocycles. The monoisotopic (exact) mass is 171 g/mol. The van der Waals surface area contributed by atoms with Crippen molar-refractivity contribution in [3.63, 3.8) is 0 Å². The third-order valence-electron chi connectivity index (χ3n) is 3.00. The van der Waals surface area contributed by atoms with Crippen LogP contribution in [-0.4, -0.2) is 16.7 Å². The average molecular weight is 171 g/mol. The molecule has 0 aromatic carbocycles. The Morgan fingerprint density at radius 1 is 1.42 bits per heavy atom. The zero-order valence-electron chi connectivity index (χ0n) is 8.05. The Kier molecular flexibility index (Phi) is 3.53. The van der Waals surface area contributed by atoms with Gasteiger partial charge in [-0.1, -0.05) is 32.6 Å². The van der Waals surface area contributed by atoms with Crippen LogP contribution < -0.4 is 5.73 Å². The normalized spacial score (nSPS) is 37.8. The van der Waals surface area contributed by atoms with Gasteiger partial charge in [0.05, 0.1) is 5.60 Å². The molecule has 2 nitrogen and oxygen atoms in total. The first-order valence-corrected chi connectivity index (χ1v) is 5.17. The van der Waals surface area contributed by atoms with Gasteiger partial charge in [0.1, 0.15) is 0 Å². The minimum Gasteiger partial charge on any atom is -0.388 e. The molecule has 0 aromatic heterocycles. The zero-order chi connectivity index (χ0) is 9.03. The predicted molar refractivity (Wildman–Crippen MR) is 50.9 cm³/mol. The van der Waals surface area contributed by atoms with Crippen molar-refractivity contribution in [1.29, 1.82) is 0 Å². The minimum atomic E-state index is -0.550. The number of hydrogen-bond acceptors (Lipinski definition) is 2. The maximum atomic E-state index is 10.2. The molecule has 72 valence electrons. The molecule has 2 unspecified atom stereocenters. The van der Waals surface area contributed by atoms with E-state index >= 15 is 0 Å². The van der Waals surface area contributed by atoms with Gasteiger partial charge < -0.3 is 10.8 Å². The summed E-state index contributed by atoms with van der Waals surface area (Å²) in [5.74, 6) is 0. The van der Waals surface area contributed by atoms with Crippen LogP contribution in [0.1, 0.15) is 51.9 Å². The molecular formula is C10H21NO. The van der Waals surface area contributed by atoms with Crippen LogP contribution in [0.4, 0.5) is 0 Å². The smallest absolute Gasteiger partial charge is 0.0797 e. The van der Waals surface area contributed by atoms with Crippen molar-refractivity contribution < 1.29 is 5.11 Å². The van der Waals surface area contributed by atoms with E-state index in [2.05, 4.69) is 6.92 Å². The third-order valence-corrected chi connectivity index (χ3v) is 3.00. The summed E-state index contributed by atoms with van der Waals surface area (Å²) in [6.45, 7) is 2.11. The van der Waals surface area contributed by atoms with Gasteiger partial charge in [-0.2, -0.15) is 0 Å². The van der Waals surface area contributed by atoms with E-state index in [9.17, 15) is 5.11 Å². The Bertz CT molecular complexity index is 138. The highest BCUT2D eigenvalue weighted by atomic mass is 16.3. The molecule has 1 fully saturated rings. The van der Waals surface area contributed by atoms with E-state index in [1.165, 1.54) is 12.8 Å². The Morgan fingerprint density at radius 3 is 2.83 bits per heavy atom. The Labute approximate surface area is 75.2 Å². The van der Waals surface area contributed by atoms with E-state index in [-0.39, 0.29) is 6.04 Å². The maximum Gasteiger partial charge on any atom is 0.0797 e. The van der Waals surface area contributed by atoms with Crippen LogP contribution >= 0.6 is 0 Å². The van der Waals surface area contributed by atoms with Crippen molar-refractivity contribution in [3.8, 4) is 0 Å². The topological polar surface area (TPSA) is 46.2 Å². The fourth-order valence-corrected chi connectivity index (χ4v) is 2.17. The van der Waals surface area contributed by atoms with E-state index < -0.39 is 5.60 Å². The lowest BCUT2D eigenvalue weighted by atomic mass is 9.86. The first-order valence-electron chi connectivity index (χ1n) is 5.17. The summed E-state index contributed by atoms with van der Waals surface area (Å²) >= 11 is 0. The van der Waals surface area contributed by atoms with Gasteiger partial charge in [-0.25, -0.2) is 0 Å². The SMILES string of the molecule is CCCC1(O)CCCCCC1N. The molecule has 1 aliphatic carbocycles. The van der Waals surface area contributed by atoms with E-state index in [0.29, 0.717) is 0 Å². The lowest BCUT2D eigenvalue weighted by molar-refractivity contribution is -0.00101. The van der Waals surface area contributed by atoms with Crippen molar-refractivity contribution in [3.05, 3.63) is 0 Å². The number of nitrogens with two attached hydrogens (primary N) is 1. The first kappa shape index (κ1) is 10.0. The van der Waals surface area contributed by atoms with Crippen LogP contribution in [0.5, 0.6) is 0 Å². The number of rotatable bonds is 2. The van der Waals surface area contributed by atoms with Crippen LogP contribution in [0.25, 0.3) is 0 Å². The van der Waals surface area contributed by atoms with Gasteiger partial charge in [-0.05, 0) is 19.3 Å². The highest BCUT2D eigenvalue weighted by molar-refractivity contribution is 4.90. The summed E-state index contributed by atoms with van der Waals surface area (Å²) in [5, 5.41) is 10.2. The van der Waals surface area contributed by atoms with Crippen LogP contribution in [0.3, 0.4) is 0 Å². The van der Waals surface area contributed by atoms with Crippen LogP contribution in [0.2, 0.25) is 0 Å². The second-order valence-electron chi connectivity index (χ2n) is 4.06. The number of hydrogen-bond donors (Lipinski definition) is 2. The molecule has 0 saturated heterocycles. The maximum absolute atomic E-state index is 10.2. The minimum absolute atomic E-state index is 0.0138. The highest BCUT2D eigenvalue weighted by Gasteiger charge is 2.33. The van der Waals surface area contributed by atoms with Crippen molar-refractivity contribution in [2.75, 3.05) is 0 Å². The second kappa shape index (κ2) is 4.24. The van der Waals surface area contributed by atoms with Gasteiger partial charge in [-0.15, -0.1) is 0 Å². The van der Waals surface area contributed by atoms with Crippen molar-refractivity contribution >= 4 is 0 Å². The summed E-state index contributed by atoms with van der Waals surface area (Å²) in [5.41, 5.74) is 5.40. The molecule has 1 rings (SSSR count). The van der Waals surface area contributed by atoms with Crippen molar-refractivity contribution in [2.24, 2.45) is 5.73 Å². The first-order chi connectivity index (χ1) is 5.69. The predicted octanol–water partition coefficient (Wildman–Crippen LogP) is 1.81. The molecule has 2 atom stereocenters. The quantitative estimate of drug-likeness (QED) is 0.622. The lowest BCUT2D eigenvalue weighted by Crippen LogP contribution is -2.47. The van der Waals surface area contributed by atoms with E-state index in [1.807, 2.05) is 0 Å². The molecule has 1 saturated carbocycles. The number of aliphatic hydroxyl groups is 1. The third kappa shape index (κ3) is 2.20. The summed E-state index contributed by atoms with van der Waals surface area (Å²) in [4.78, 5) is 0. The molecule has 12 heavy (non-hydrogen) atoms. The molecule has 0 aromatic rings. The summed E-state index contributed by atoms with van der Waals surface area (Å²) < 4.78 is 0. The fraction of sp³-hybridized carbons (Fsp3) is 1.00. The van der Waals surface area contributed by atoms with Gasteiger partial charge in [0.25, 0.3) is 0 Å². The Balaban J connectivity index is 2.55. The van der Waals surface area contributed by atoms with Gasteiger partial charge in [0.2, 0.25) is 0 Å².